The van der Waals surface area contributed by atoms with Crippen molar-refractivity contribution in [2.24, 2.45) is 0 Å². The van der Waals surface area contributed by atoms with Gasteiger partial charge in [-0.15, -0.1) is 10.2 Å². The number of halogens is 1. The van der Waals surface area contributed by atoms with Crippen molar-refractivity contribution >= 4 is 23.5 Å². The van der Waals surface area contributed by atoms with Gasteiger partial charge in [-0.3, -0.25) is 9.59 Å². The van der Waals surface area contributed by atoms with Crippen LogP contribution in [0.5, 0.6) is 0 Å². The second kappa shape index (κ2) is 8.57. The van der Waals surface area contributed by atoms with Crippen molar-refractivity contribution in [1.82, 2.24) is 25.1 Å². The molecule has 1 atom stereocenters. The second-order valence-corrected chi connectivity index (χ2v) is 5.86. The first kappa shape index (κ1) is 18.9. The molecule has 0 saturated heterocycles. The number of carboxylic acids is 1. The number of hydrogen-bond acceptors (Lipinski definition) is 5. The zero-order valence-corrected chi connectivity index (χ0v) is 14.8. The number of rotatable bonds is 8. The molecule has 134 valence electrons. The van der Waals surface area contributed by atoms with Gasteiger partial charge < -0.3 is 10.0 Å². The van der Waals surface area contributed by atoms with E-state index in [1.54, 1.807) is 31.2 Å². The van der Waals surface area contributed by atoms with E-state index in [2.05, 4.69) is 15.4 Å². The maximum Gasteiger partial charge on any atom is 0.305 e. The largest absolute Gasteiger partial charge is 0.481 e. The number of benzene rings is 1. The van der Waals surface area contributed by atoms with Crippen LogP contribution >= 0.6 is 11.6 Å². The standard InChI is InChI=1S/C16H20ClN5O3/c1-3-13(16(25)21(4-2)10-9-14(23)24)22-19-15(18-20-22)11-5-7-12(17)8-6-11/h5-8,13H,3-4,9-10H2,1-2H3,(H,23,24). The number of carbonyl (C=O) groups is 2. The molecule has 1 aromatic carbocycles. The van der Waals surface area contributed by atoms with Gasteiger partial charge in [0.1, 0.15) is 0 Å². The van der Waals surface area contributed by atoms with Crippen LogP contribution < -0.4 is 0 Å². The Kier molecular flexibility index (Phi) is 6.46. The number of nitrogens with zero attached hydrogens (tertiary/aromatic N) is 5. The lowest BCUT2D eigenvalue weighted by Gasteiger charge is -2.24. The maximum absolute atomic E-state index is 12.7. The van der Waals surface area contributed by atoms with Gasteiger partial charge in [-0.25, -0.2) is 0 Å². The molecule has 1 N–H and O–H groups in total. The van der Waals surface area contributed by atoms with Gasteiger partial charge in [0.25, 0.3) is 0 Å². The molecular weight excluding hydrogens is 346 g/mol. The second-order valence-electron chi connectivity index (χ2n) is 5.43. The lowest BCUT2D eigenvalue weighted by atomic mass is 10.2. The molecule has 0 fully saturated rings. The van der Waals surface area contributed by atoms with E-state index in [1.165, 1.54) is 9.70 Å². The number of aromatic nitrogens is 4. The summed E-state index contributed by atoms with van der Waals surface area (Å²) in [6, 6.07) is 6.38. The van der Waals surface area contributed by atoms with Crippen LogP contribution in [0.15, 0.2) is 24.3 Å². The number of aliphatic carboxylic acids is 1. The fraction of sp³-hybridized carbons (Fsp3) is 0.438. The summed E-state index contributed by atoms with van der Waals surface area (Å²) < 4.78 is 0. The van der Waals surface area contributed by atoms with E-state index in [0.717, 1.165) is 5.56 Å². The van der Waals surface area contributed by atoms with Crippen LogP contribution in [0.4, 0.5) is 0 Å². The Labute approximate surface area is 150 Å². The third-order valence-electron chi connectivity index (χ3n) is 3.77. The summed E-state index contributed by atoms with van der Waals surface area (Å²) in [5.41, 5.74) is 0.746. The van der Waals surface area contributed by atoms with Crippen LogP contribution in [0, 0.1) is 0 Å². The fourth-order valence-electron chi connectivity index (χ4n) is 2.37. The summed E-state index contributed by atoms with van der Waals surface area (Å²) in [6.45, 7) is 4.22. The van der Waals surface area contributed by atoms with E-state index < -0.39 is 12.0 Å². The number of tetrazole rings is 1. The number of carbonyl (C=O) groups excluding carboxylic acids is 1. The lowest BCUT2D eigenvalue weighted by molar-refractivity contribution is -0.139. The highest BCUT2D eigenvalue weighted by molar-refractivity contribution is 6.30. The first-order valence-corrected chi connectivity index (χ1v) is 8.40. The summed E-state index contributed by atoms with van der Waals surface area (Å²) in [5, 5.41) is 21.7. The third-order valence-corrected chi connectivity index (χ3v) is 4.02. The molecule has 0 radical (unpaired) electrons. The van der Waals surface area contributed by atoms with Crippen LogP contribution in [-0.4, -0.2) is 55.2 Å². The molecule has 0 bridgehead atoms. The van der Waals surface area contributed by atoms with E-state index in [9.17, 15) is 9.59 Å². The molecule has 8 nitrogen and oxygen atoms in total. The van der Waals surface area contributed by atoms with E-state index in [1.807, 2.05) is 6.92 Å². The molecular formula is C16H20ClN5O3. The predicted octanol–water partition coefficient (Wildman–Crippen LogP) is 2.27. The first-order valence-electron chi connectivity index (χ1n) is 8.02. The highest BCUT2D eigenvalue weighted by Gasteiger charge is 2.26. The topological polar surface area (TPSA) is 101 Å². The molecule has 0 aliphatic carbocycles. The summed E-state index contributed by atoms with van der Waals surface area (Å²) in [7, 11) is 0. The first-order chi connectivity index (χ1) is 12.0. The number of carboxylic acid groups (broad SMARTS) is 1. The molecule has 2 aromatic rings. The van der Waals surface area contributed by atoms with Crippen LogP contribution in [0.1, 0.15) is 32.7 Å². The summed E-state index contributed by atoms with van der Waals surface area (Å²) in [4.78, 5) is 26.2. The Morgan fingerprint density at radius 2 is 1.96 bits per heavy atom. The van der Waals surface area contributed by atoms with E-state index in [0.29, 0.717) is 23.8 Å². The van der Waals surface area contributed by atoms with Gasteiger partial charge in [0.15, 0.2) is 6.04 Å². The van der Waals surface area contributed by atoms with Gasteiger partial charge in [0.05, 0.1) is 6.42 Å². The van der Waals surface area contributed by atoms with Crippen molar-refractivity contribution in [3.05, 3.63) is 29.3 Å². The summed E-state index contributed by atoms with van der Waals surface area (Å²) in [5.74, 6) is -0.758. The van der Waals surface area contributed by atoms with E-state index in [-0.39, 0.29) is 18.9 Å². The van der Waals surface area contributed by atoms with Crippen LogP contribution in [0.3, 0.4) is 0 Å². The van der Waals surface area contributed by atoms with Crippen molar-refractivity contribution in [3.8, 4) is 11.4 Å². The number of hydrogen-bond donors (Lipinski definition) is 1. The fourth-order valence-corrected chi connectivity index (χ4v) is 2.50. The van der Waals surface area contributed by atoms with Crippen molar-refractivity contribution in [2.45, 2.75) is 32.7 Å². The summed E-state index contributed by atoms with van der Waals surface area (Å²) >= 11 is 5.87. The van der Waals surface area contributed by atoms with Gasteiger partial charge in [-0.05, 0) is 42.8 Å². The third kappa shape index (κ3) is 4.76. The Balaban J connectivity index is 2.18. The SMILES string of the molecule is CCC(C(=O)N(CC)CCC(=O)O)n1nnc(-c2ccc(Cl)cc2)n1. The molecule has 1 unspecified atom stereocenters. The monoisotopic (exact) mass is 365 g/mol. The van der Waals surface area contributed by atoms with Gasteiger partial charge >= 0.3 is 5.97 Å². The molecule has 0 saturated carbocycles. The minimum atomic E-state index is -0.941. The highest BCUT2D eigenvalue weighted by Crippen LogP contribution is 2.19. The quantitative estimate of drug-likeness (QED) is 0.770. The minimum Gasteiger partial charge on any atom is -0.481 e. The Morgan fingerprint density at radius 1 is 1.28 bits per heavy atom. The van der Waals surface area contributed by atoms with E-state index >= 15 is 0 Å². The molecule has 25 heavy (non-hydrogen) atoms. The zero-order valence-electron chi connectivity index (χ0n) is 14.1. The van der Waals surface area contributed by atoms with Crippen molar-refractivity contribution in [3.63, 3.8) is 0 Å². The zero-order chi connectivity index (χ0) is 18.4. The van der Waals surface area contributed by atoms with Gasteiger partial charge in [-0.2, -0.15) is 4.80 Å². The number of amides is 1. The molecule has 0 aliphatic heterocycles. The molecule has 2 rings (SSSR count). The van der Waals surface area contributed by atoms with Gasteiger partial charge in [0, 0.05) is 23.7 Å². The van der Waals surface area contributed by atoms with Crippen LogP contribution in [0.2, 0.25) is 5.02 Å². The minimum absolute atomic E-state index is 0.100. The van der Waals surface area contributed by atoms with Crippen LogP contribution in [0.25, 0.3) is 11.4 Å². The van der Waals surface area contributed by atoms with Gasteiger partial charge in [-0.1, -0.05) is 18.5 Å². The average molecular weight is 366 g/mol. The van der Waals surface area contributed by atoms with Crippen LogP contribution in [-0.2, 0) is 9.59 Å². The molecule has 1 amide bonds. The summed E-state index contributed by atoms with van der Waals surface area (Å²) in [6.07, 6.45) is 0.371. The van der Waals surface area contributed by atoms with Crippen molar-refractivity contribution < 1.29 is 14.7 Å². The molecule has 1 aromatic heterocycles. The number of likely N-dealkylation sites (N-methyl/N-ethyl adjacent to an activating group) is 1. The van der Waals surface area contributed by atoms with Gasteiger partial charge in [0.2, 0.25) is 11.7 Å². The van der Waals surface area contributed by atoms with Crippen molar-refractivity contribution in [2.75, 3.05) is 13.1 Å². The molecule has 0 spiro atoms. The smallest absolute Gasteiger partial charge is 0.305 e. The van der Waals surface area contributed by atoms with E-state index in [4.69, 9.17) is 16.7 Å². The maximum atomic E-state index is 12.7. The molecule has 1 heterocycles. The Hall–Kier alpha value is -2.48. The molecule has 0 aliphatic rings. The average Bonchev–Trinajstić information content (AvgIpc) is 3.06. The lowest BCUT2D eigenvalue weighted by Crippen LogP contribution is -2.39. The van der Waals surface area contributed by atoms with Crippen molar-refractivity contribution in [1.29, 1.82) is 0 Å². The Bertz CT molecular complexity index is 732. The predicted molar refractivity (Wildman–Crippen MR) is 92.1 cm³/mol. The normalized spacial score (nSPS) is 12.0. The molecule has 9 heteroatoms. The Morgan fingerprint density at radius 3 is 2.52 bits per heavy atom. The highest BCUT2D eigenvalue weighted by atomic mass is 35.5.